The lowest BCUT2D eigenvalue weighted by molar-refractivity contribution is 0.281. The van der Waals surface area contributed by atoms with Crippen molar-refractivity contribution in [3.63, 3.8) is 0 Å². The van der Waals surface area contributed by atoms with Gasteiger partial charge in [0.1, 0.15) is 5.75 Å². The molecule has 1 aromatic heterocycles. The molecule has 1 fully saturated rings. The van der Waals surface area contributed by atoms with Crippen LogP contribution in [-0.4, -0.2) is 10.1 Å². The second-order valence-electron chi connectivity index (χ2n) is 5.08. The first-order valence-electron chi connectivity index (χ1n) is 6.64. The van der Waals surface area contributed by atoms with Crippen LogP contribution in [-0.2, 0) is 6.61 Å². The van der Waals surface area contributed by atoms with Crippen LogP contribution in [0.1, 0.15) is 49.0 Å². The van der Waals surface area contributed by atoms with Crippen LogP contribution < -0.4 is 10.5 Å². The zero-order chi connectivity index (χ0) is 14.1. The van der Waals surface area contributed by atoms with E-state index in [0.717, 1.165) is 34.5 Å². The lowest BCUT2D eigenvalue weighted by atomic mass is 10.1. The van der Waals surface area contributed by atoms with Gasteiger partial charge in [0.05, 0.1) is 0 Å². The van der Waals surface area contributed by atoms with Crippen molar-refractivity contribution >= 4 is 15.9 Å². The second-order valence-corrected chi connectivity index (χ2v) is 6.00. The number of hydrogen-bond donors (Lipinski definition) is 1. The number of nitrogens with zero attached hydrogens (tertiary/aromatic N) is 2. The van der Waals surface area contributed by atoms with Crippen molar-refractivity contribution in [2.75, 3.05) is 0 Å². The molecule has 0 saturated heterocycles. The molecule has 1 heterocycles. The Morgan fingerprint density at radius 2 is 2.30 bits per heavy atom. The van der Waals surface area contributed by atoms with Crippen molar-refractivity contribution in [3.05, 3.63) is 40.0 Å². The summed E-state index contributed by atoms with van der Waals surface area (Å²) >= 11 is 3.43. The number of rotatable bonds is 5. The first-order valence-corrected chi connectivity index (χ1v) is 7.43. The third-order valence-corrected chi connectivity index (χ3v) is 3.73. The highest BCUT2D eigenvalue weighted by Crippen LogP contribution is 2.38. The highest BCUT2D eigenvalue weighted by atomic mass is 79.9. The summed E-state index contributed by atoms with van der Waals surface area (Å²) in [5.74, 6) is 2.50. The van der Waals surface area contributed by atoms with E-state index in [9.17, 15) is 0 Å². The standard InChI is InChI=1S/C14H16BrN3O2/c1-8(16)11-5-4-10(15)6-12(11)19-7-13-17-14(20-18-13)9-2-3-9/h4-6,8-9H,2-3,7,16H2,1H3/t8-/m0/s1. The fourth-order valence-corrected chi connectivity index (χ4v) is 2.31. The molecule has 0 aliphatic heterocycles. The predicted octanol–water partition coefficient (Wildman–Crippen LogP) is 3.31. The number of ether oxygens (including phenoxy) is 1. The van der Waals surface area contributed by atoms with Gasteiger partial charge in [-0.1, -0.05) is 27.2 Å². The van der Waals surface area contributed by atoms with Crippen LogP contribution in [0.4, 0.5) is 0 Å². The van der Waals surface area contributed by atoms with Gasteiger partial charge in [-0.2, -0.15) is 4.98 Å². The van der Waals surface area contributed by atoms with Crippen LogP contribution in [0.3, 0.4) is 0 Å². The monoisotopic (exact) mass is 337 g/mol. The van der Waals surface area contributed by atoms with E-state index in [0.29, 0.717) is 11.7 Å². The molecular weight excluding hydrogens is 322 g/mol. The third kappa shape index (κ3) is 3.02. The van der Waals surface area contributed by atoms with Crippen LogP contribution in [0.5, 0.6) is 5.75 Å². The molecule has 1 aromatic carbocycles. The Kier molecular flexibility index (Phi) is 3.76. The summed E-state index contributed by atoms with van der Waals surface area (Å²) in [6.07, 6.45) is 2.28. The van der Waals surface area contributed by atoms with Crippen LogP contribution in [0.15, 0.2) is 27.2 Å². The fourth-order valence-electron chi connectivity index (χ4n) is 1.97. The molecule has 106 valence electrons. The largest absolute Gasteiger partial charge is 0.485 e. The van der Waals surface area contributed by atoms with Crippen molar-refractivity contribution in [2.45, 2.75) is 38.3 Å². The van der Waals surface area contributed by atoms with Crippen molar-refractivity contribution in [1.29, 1.82) is 0 Å². The molecule has 0 radical (unpaired) electrons. The van der Waals surface area contributed by atoms with Crippen molar-refractivity contribution in [3.8, 4) is 5.75 Å². The lowest BCUT2D eigenvalue weighted by Crippen LogP contribution is -2.08. The highest BCUT2D eigenvalue weighted by molar-refractivity contribution is 9.10. The Morgan fingerprint density at radius 1 is 1.50 bits per heavy atom. The van der Waals surface area contributed by atoms with Crippen LogP contribution in [0, 0.1) is 0 Å². The minimum absolute atomic E-state index is 0.0922. The molecule has 6 heteroatoms. The predicted molar refractivity (Wildman–Crippen MR) is 77.3 cm³/mol. The Morgan fingerprint density at radius 3 is 3.00 bits per heavy atom. The minimum Gasteiger partial charge on any atom is -0.485 e. The molecule has 1 aliphatic rings. The molecule has 1 aliphatic carbocycles. The van der Waals surface area contributed by atoms with Gasteiger partial charge in [0.15, 0.2) is 6.61 Å². The van der Waals surface area contributed by atoms with Gasteiger partial charge in [0, 0.05) is 22.0 Å². The number of halogens is 1. The van der Waals surface area contributed by atoms with E-state index < -0.39 is 0 Å². The van der Waals surface area contributed by atoms with Gasteiger partial charge in [0.25, 0.3) is 0 Å². The first-order chi connectivity index (χ1) is 9.63. The Hall–Kier alpha value is -1.40. The van der Waals surface area contributed by atoms with Gasteiger partial charge >= 0.3 is 0 Å². The van der Waals surface area contributed by atoms with E-state index in [1.165, 1.54) is 0 Å². The molecule has 5 nitrogen and oxygen atoms in total. The van der Waals surface area contributed by atoms with Gasteiger partial charge in [0.2, 0.25) is 11.7 Å². The highest BCUT2D eigenvalue weighted by Gasteiger charge is 2.29. The molecule has 3 rings (SSSR count). The van der Waals surface area contributed by atoms with Crippen molar-refractivity contribution in [2.24, 2.45) is 5.73 Å². The molecule has 20 heavy (non-hydrogen) atoms. The van der Waals surface area contributed by atoms with Gasteiger partial charge in [-0.15, -0.1) is 0 Å². The summed E-state index contributed by atoms with van der Waals surface area (Å²) in [5, 5.41) is 3.94. The summed E-state index contributed by atoms with van der Waals surface area (Å²) in [5.41, 5.74) is 6.90. The Labute approximate surface area is 125 Å². The van der Waals surface area contributed by atoms with E-state index in [2.05, 4.69) is 26.1 Å². The van der Waals surface area contributed by atoms with E-state index >= 15 is 0 Å². The average Bonchev–Trinajstić information content (AvgIpc) is 3.15. The SMILES string of the molecule is C[C@H](N)c1ccc(Br)cc1OCc1noc(C2CC2)n1. The number of nitrogens with two attached hydrogens (primary N) is 1. The zero-order valence-electron chi connectivity index (χ0n) is 11.2. The van der Waals surface area contributed by atoms with Crippen LogP contribution >= 0.6 is 15.9 Å². The normalized spacial score (nSPS) is 16.1. The maximum Gasteiger partial charge on any atom is 0.229 e. The molecule has 0 spiro atoms. The number of benzene rings is 1. The Balaban J connectivity index is 1.71. The Bertz CT molecular complexity index is 608. The second kappa shape index (κ2) is 5.54. The molecular formula is C14H16BrN3O2. The van der Waals surface area contributed by atoms with Gasteiger partial charge in [-0.3, -0.25) is 0 Å². The number of aromatic nitrogens is 2. The van der Waals surface area contributed by atoms with Crippen molar-refractivity contribution < 1.29 is 9.26 Å². The van der Waals surface area contributed by atoms with Crippen molar-refractivity contribution in [1.82, 2.24) is 10.1 Å². The van der Waals surface area contributed by atoms with Gasteiger partial charge < -0.3 is 15.0 Å². The topological polar surface area (TPSA) is 74.2 Å². The molecule has 1 saturated carbocycles. The third-order valence-electron chi connectivity index (χ3n) is 3.23. The fraction of sp³-hybridized carbons (Fsp3) is 0.429. The van der Waals surface area contributed by atoms with Gasteiger partial charge in [-0.05, 0) is 31.9 Å². The number of hydrogen-bond acceptors (Lipinski definition) is 5. The van der Waals surface area contributed by atoms with E-state index in [-0.39, 0.29) is 12.6 Å². The molecule has 2 aromatic rings. The first kappa shape index (κ1) is 13.6. The van der Waals surface area contributed by atoms with E-state index in [1.54, 1.807) is 0 Å². The molecule has 0 bridgehead atoms. The summed E-state index contributed by atoms with van der Waals surface area (Å²) in [6.45, 7) is 2.21. The zero-order valence-corrected chi connectivity index (χ0v) is 12.8. The summed E-state index contributed by atoms with van der Waals surface area (Å²) in [4.78, 5) is 4.34. The average molecular weight is 338 g/mol. The smallest absolute Gasteiger partial charge is 0.229 e. The van der Waals surface area contributed by atoms with Crippen LogP contribution in [0.2, 0.25) is 0 Å². The summed E-state index contributed by atoms with van der Waals surface area (Å²) in [6, 6.07) is 5.71. The maximum absolute atomic E-state index is 5.94. The van der Waals surface area contributed by atoms with E-state index in [4.69, 9.17) is 15.0 Å². The van der Waals surface area contributed by atoms with Gasteiger partial charge in [-0.25, -0.2) is 0 Å². The maximum atomic E-state index is 5.94. The molecule has 1 atom stereocenters. The quantitative estimate of drug-likeness (QED) is 0.905. The molecule has 0 unspecified atom stereocenters. The lowest BCUT2D eigenvalue weighted by Gasteiger charge is -2.13. The minimum atomic E-state index is -0.0922. The molecule has 0 amide bonds. The van der Waals surface area contributed by atoms with E-state index in [1.807, 2.05) is 25.1 Å². The molecule has 2 N–H and O–H groups in total. The summed E-state index contributed by atoms with van der Waals surface area (Å²) in [7, 11) is 0. The summed E-state index contributed by atoms with van der Waals surface area (Å²) < 4.78 is 11.9. The van der Waals surface area contributed by atoms with Crippen LogP contribution in [0.25, 0.3) is 0 Å².